The number of benzene rings is 2. The van der Waals surface area contributed by atoms with Crippen molar-refractivity contribution in [2.45, 2.75) is 0 Å². The molecule has 0 radical (unpaired) electrons. The zero-order valence-electron chi connectivity index (χ0n) is 15.5. The van der Waals surface area contributed by atoms with E-state index in [2.05, 4.69) is 5.32 Å². The van der Waals surface area contributed by atoms with E-state index in [1.807, 2.05) is 29.2 Å². The minimum atomic E-state index is -0.394. The van der Waals surface area contributed by atoms with E-state index in [9.17, 15) is 14.0 Å². The van der Waals surface area contributed by atoms with Crippen LogP contribution in [-0.4, -0.2) is 54.3 Å². The fraction of sp³-hybridized carbons (Fsp3) is 0.238. The van der Waals surface area contributed by atoms with Crippen LogP contribution < -0.4 is 5.32 Å². The molecule has 150 valence electrons. The van der Waals surface area contributed by atoms with E-state index in [4.69, 9.17) is 11.6 Å². The fourth-order valence-electron chi connectivity index (χ4n) is 3.37. The number of halogens is 2. The van der Waals surface area contributed by atoms with Crippen molar-refractivity contribution in [3.63, 3.8) is 0 Å². The van der Waals surface area contributed by atoms with Crippen molar-refractivity contribution in [3.05, 3.63) is 64.2 Å². The summed E-state index contributed by atoms with van der Waals surface area (Å²) >= 11 is 7.84. The van der Waals surface area contributed by atoms with E-state index < -0.39 is 5.82 Å². The van der Waals surface area contributed by atoms with Crippen LogP contribution in [0.4, 0.5) is 10.1 Å². The molecule has 2 heterocycles. The molecule has 0 bridgehead atoms. The maximum atomic E-state index is 13.2. The largest absolute Gasteiger partial charge is 0.335 e. The SMILES string of the molecule is O=C(CN1CCN(C(=O)c2sc3ccccc3c2Cl)CC1)Nc1cccc(F)c1. The zero-order valence-corrected chi connectivity index (χ0v) is 17.1. The van der Waals surface area contributed by atoms with Gasteiger partial charge in [0.1, 0.15) is 10.7 Å². The predicted octanol–water partition coefficient (Wildman–Crippen LogP) is 4.09. The molecule has 2 aromatic carbocycles. The van der Waals surface area contributed by atoms with Gasteiger partial charge in [0.15, 0.2) is 0 Å². The molecule has 1 saturated heterocycles. The number of carbonyl (C=O) groups is 2. The maximum Gasteiger partial charge on any atom is 0.265 e. The second-order valence-electron chi connectivity index (χ2n) is 6.87. The second-order valence-corrected chi connectivity index (χ2v) is 8.30. The fourth-order valence-corrected chi connectivity index (χ4v) is 4.85. The molecular formula is C21H19ClFN3O2S. The van der Waals surface area contributed by atoms with E-state index in [-0.39, 0.29) is 18.4 Å². The van der Waals surface area contributed by atoms with Gasteiger partial charge in [-0.25, -0.2) is 4.39 Å². The number of piperazine rings is 1. The quantitative estimate of drug-likeness (QED) is 0.677. The molecule has 2 amide bonds. The van der Waals surface area contributed by atoms with E-state index >= 15 is 0 Å². The lowest BCUT2D eigenvalue weighted by atomic mass is 10.2. The average molecular weight is 432 g/mol. The number of anilines is 1. The van der Waals surface area contributed by atoms with Crippen LogP contribution in [0, 0.1) is 5.82 Å². The summed E-state index contributed by atoms with van der Waals surface area (Å²) in [5.41, 5.74) is 0.434. The van der Waals surface area contributed by atoms with Gasteiger partial charge in [0.2, 0.25) is 5.91 Å². The van der Waals surface area contributed by atoms with Gasteiger partial charge < -0.3 is 10.2 Å². The van der Waals surface area contributed by atoms with Gasteiger partial charge >= 0.3 is 0 Å². The first kappa shape index (κ1) is 19.8. The summed E-state index contributed by atoms with van der Waals surface area (Å²) in [5.74, 6) is -0.669. The monoisotopic (exact) mass is 431 g/mol. The van der Waals surface area contributed by atoms with Crippen LogP contribution in [0.1, 0.15) is 9.67 Å². The van der Waals surface area contributed by atoms with Crippen molar-refractivity contribution in [1.82, 2.24) is 9.80 Å². The molecule has 1 fully saturated rings. The van der Waals surface area contributed by atoms with Crippen molar-refractivity contribution in [3.8, 4) is 0 Å². The molecule has 3 aromatic rings. The van der Waals surface area contributed by atoms with Crippen LogP contribution in [0.5, 0.6) is 0 Å². The number of carbonyl (C=O) groups excluding carboxylic acids is 2. The van der Waals surface area contributed by atoms with E-state index in [1.54, 1.807) is 17.0 Å². The Balaban J connectivity index is 1.33. The first-order valence-electron chi connectivity index (χ1n) is 9.25. The number of thiophene rings is 1. The highest BCUT2D eigenvalue weighted by Gasteiger charge is 2.26. The van der Waals surface area contributed by atoms with Gasteiger partial charge in [-0.15, -0.1) is 11.3 Å². The van der Waals surface area contributed by atoms with Crippen molar-refractivity contribution < 1.29 is 14.0 Å². The Morgan fingerprint density at radius 3 is 2.55 bits per heavy atom. The third-order valence-electron chi connectivity index (χ3n) is 4.86. The summed E-state index contributed by atoms with van der Waals surface area (Å²) in [6, 6.07) is 13.5. The predicted molar refractivity (Wildman–Crippen MR) is 114 cm³/mol. The van der Waals surface area contributed by atoms with Gasteiger partial charge in [-0.1, -0.05) is 35.9 Å². The normalized spacial score (nSPS) is 14.9. The first-order valence-corrected chi connectivity index (χ1v) is 10.4. The van der Waals surface area contributed by atoms with Gasteiger partial charge in [0.05, 0.1) is 11.6 Å². The van der Waals surface area contributed by atoms with Gasteiger partial charge in [-0.05, 0) is 24.3 Å². The Kier molecular flexibility index (Phi) is 5.80. The molecule has 0 spiro atoms. The smallest absolute Gasteiger partial charge is 0.265 e. The Bertz CT molecular complexity index is 1060. The van der Waals surface area contributed by atoms with Crippen molar-refractivity contribution >= 4 is 50.5 Å². The molecular weight excluding hydrogens is 413 g/mol. The third kappa shape index (κ3) is 4.42. The van der Waals surface area contributed by atoms with Crippen LogP contribution >= 0.6 is 22.9 Å². The molecule has 0 aliphatic carbocycles. The summed E-state index contributed by atoms with van der Waals surface area (Å²) in [6.45, 7) is 2.42. The summed E-state index contributed by atoms with van der Waals surface area (Å²) < 4.78 is 14.2. The number of fused-ring (bicyclic) bond motifs is 1. The number of hydrogen-bond acceptors (Lipinski definition) is 4. The molecule has 4 rings (SSSR count). The molecule has 5 nitrogen and oxygen atoms in total. The molecule has 1 N–H and O–H groups in total. The molecule has 0 atom stereocenters. The second kappa shape index (κ2) is 8.49. The lowest BCUT2D eigenvalue weighted by Gasteiger charge is -2.34. The first-order chi connectivity index (χ1) is 14.0. The highest BCUT2D eigenvalue weighted by atomic mass is 35.5. The van der Waals surface area contributed by atoms with Crippen molar-refractivity contribution in [2.75, 3.05) is 38.0 Å². The van der Waals surface area contributed by atoms with E-state index in [0.29, 0.717) is 41.8 Å². The number of nitrogens with one attached hydrogen (secondary N) is 1. The molecule has 0 saturated carbocycles. The molecule has 1 aliphatic heterocycles. The van der Waals surface area contributed by atoms with Gasteiger partial charge in [0, 0.05) is 42.0 Å². The van der Waals surface area contributed by atoms with Gasteiger partial charge in [-0.3, -0.25) is 14.5 Å². The minimum absolute atomic E-state index is 0.0694. The van der Waals surface area contributed by atoms with E-state index in [0.717, 1.165) is 10.1 Å². The number of amides is 2. The Labute approximate surface area is 176 Å². The van der Waals surface area contributed by atoms with Crippen LogP contribution in [0.25, 0.3) is 10.1 Å². The highest BCUT2D eigenvalue weighted by molar-refractivity contribution is 7.21. The van der Waals surface area contributed by atoms with Crippen LogP contribution in [-0.2, 0) is 4.79 Å². The highest BCUT2D eigenvalue weighted by Crippen LogP contribution is 2.36. The minimum Gasteiger partial charge on any atom is -0.335 e. The number of nitrogens with zero attached hydrogens (tertiary/aromatic N) is 2. The standard InChI is InChI=1S/C21H19ClFN3O2S/c22-19-16-6-1-2-7-17(16)29-20(19)21(28)26-10-8-25(9-11-26)13-18(27)24-15-5-3-4-14(23)12-15/h1-7,12H,8-11,13H2,(H,24,27). The average Bonchev–Trinajstić information content (AvgIpc) is 3.05. The van der Waals surface area contributed by atoms with Crippen LogP contribution in [0.2, 0.25) is 5.02 Å². The maximum absolute atomic E-state index is 13.2. The number of hydrogen-bond donors (Lipinski definition) is 1. The van der Waals surface area contributed by atoms with E-state index in [1.165, 1.54) is 23.5 Å². The lowest BCUT2D eigenvalue weighted by Crippen LogP contribution is -2.50. The summed E-state index contributed by atoms with van der Waals surface area (Å²) in [6.07, 6.45) is 0. The molecule has 8 heteroatoms. The lowest BCUT2D eigenvalue weighted by molar-refractivity contribution is -0.117. The van der Waals surface area contributed by atoms with Crippen LogP contribution in [0.3, 0.4) is 0 Å². The Morgan fingerprint density at radius 1 is 1.07 bits per heavy atom. The third-order valence-corrected chi connectivity index (χ3v) is 6.53. The summed E-state index contributed by atoms with van der Waals surface area (Å²) in [4.78, 5) is 29.4. The summed E-state index contributed by atoms with van der Waals surface area (Å²) in [5, 5.41) is 4.10. The Hall–Kier alpha value is -2.48. The van der Waals surface area contributed by atoms with Crippen molar-refractivity contribution in [2.24, 2.45) is 0 Å². The van der Waals surface area contributed by atoms with Gasteiger partial charge in [-0.2, -0.15) is 0 Å². The molecule has 29 heavy (non-hydrogen) atoms. The molecule has 1 aliphatic rings. The zero-order chi connectivity index (χ0) is 20.4. The van der Waals surface area contributed by atoms with Crippen LogP contribution in [0.15, 0.2) is 48.5 Å². The van der Waals surface area contributed by atoms with Gasteiger partial charge in [0.25, 0.3) is 5.91 Å². The topological polar surface area (TPSA) is 52.7 Å². The summed E-state index contributed by atoms with van der Waals surface area (Å²) in [7, 11) is 0. The molecule has 1 aromatic heterocycles. The number of rotatable bonds is 4. The Morgan fingerprint density at radius 2 is 1.83 bits per heavy atom. The molecule has 0 unspecified atom stereocenters. The van der Waals surface area contributed by atoms with Crippen molar-refractivity contribution in [1.29, 1.82) is 0 Å².